The number of nitrogens with one attached hydrogen (secondary N) is 2. The summed E-state index contributed by atoms with van der Waals surface area (Å²) >= 11 is 1.61. The number of hydrogen-bond donors (Lipinski definition) is 3. The number of urea groups is 1. The van der Waals surface area contributed by atoms with E-state index in [4.69, 9.17) is 0 Å². The lowest BCUT2D eigenvalue weighted by Crippen LogP contribution is -2.53. The second-order valence-electron chi connectivity index (χ2n) is 6.00. The summed E-state index contributed by atoms with van der Waals surface area (Å²) in [5.41, 5.74) is 1.23. The molecule has 22 heavy (non-hydrogen) atoms. The molecule has 122 valence electrons. The van der Waals surface area contributed by atoms with Crippen molar-refractivity contribution in [1.82, 2.24) is 10.6 Å². The molecular weight excluding hydrogens is 303 g/mol. The summed E-state index contributed by atoms with van der Waals surface area (Å²) in [6.45, 7) is 2.13. The Hall–Kier alpha value is -1.27. The molecule has 1 aliphatic carbocycles. The monoisotopic (exact) mass is 326 g/mol. The number of benzene rings is 1. The molecule has 0 aromatic heterocycles. The van der Waals surface area contributed by atoms with Gasteiger partial charge in [0.15, 0.2) is 0 Å². The zero-order chi connectivity index (χ0) is 16.2. The maximum atomic E-state index is 13.3. The number of aliphatic hydroxyl groups is 1. The van der Waals surface area contributed by atoms with E-state index in [9.17, 15) is 14.3 Å². The minimum atomic E-state index is -0.561. The molecule has 4 nitrogen and oxygen atoms in total. The van der Waals surface area contributed by atoms with E-state index in [0.717, 1.165) is 24.0 Å². The van der Waals surface area contributed by atoms with Crippen LogP contribution in [0.3, 0.4) is 0 Å². The number of halogens is 1. The average Bonchev–Trinajstić information content (AvgIpc) is 3.31. The van der Waals surface area contributed by atoms with Crippen molar-refractivity contribution in [1.29, 1.82) is 0 Å². The first-order valence-electron chi connectivity index (χ1n) is 7.41. The van der Waals surface area contributed by atoms with Crippen LogP contribution in [0.1, 0.15) is 30.9 Å². The van der Waals surface area contributed by atoms with Gasteiger partial charge in [-0.2, -0.15) is 11.8 Å². The van der Waals surface area contributed by atoms with Crippen LogP contribution >= 0.6 is 11.8 Å². The molecule has 1 atom stereocenters. The molecular formula is C16H23FN2O2S. The third kappa shape index (κ3) is 4.36. The molecule has 1 aromatic rings. The summed E-state index contributed by atoms with van der Waals surface area (Å²) < 4.78 is 13.3. The second-order valence-corrected chi connectivity index (χ2v) is 6.87. The van der Waals surface area contributed by atoms with Crippen molar-refractivity contribution in [2.45, 2.75) is 37.6 Å². The Morgan fingerprint density at radius 3 is 2.77 bits per heavy atom. The Bertz CT molecular complexity index is 537. The number of rotatable bonds is 7. The van der Waals surface area contributed by atoms with Crippen LogP contribution in [0.2, 0.25) is 0 Å². The number of aliphatic hydroxyl groups excluding tert-OH is 1. The molecule has 2 amide bonds. The van der Waals surface area contributed by atoms with Gasteiger partial charge in [0.1, 0.15) is 5.82 Å². The molecule has 1 aromatic carbocycles. The van der Waals surface area contributed by atoms with Crippen LogP contribution < -0.4 is 10.6 Å². The second kappa shape index (κ2) is 7.33. The molecule has 3 N–H and O–H groups in total. The van der Waals surface area contributed by atoms with Gasteiger partial charge in [-0.3, -0.25) is 0 Å². The van der Waals surface area contributed by atoms with Crippen LogP contribution in [-0.4, -0.2) is 29.5 Å². The standard InChI is InChI=1S/C16H23FN2O2S/c1-16(10-20,13-4-5-13)19-15(21)18-8-11-3-6-14(17)7-12(11)9-22-2/h3,6-7,13,20H,4-5,8-10H2,1-2H3,(H2,18,19,21). The molecule has 1 unspecified atom stereocenters. The lowest BCUT2D eigenvalue weighted by atomic mass is 9.97. The van der Waals surface area contributed by atoms with Gasteiger partial charge in [0.2, 0.25) is 0 Å². The Morgan fingerprint density at radius 1 is 1.45 bits per heavy atom. The molecule has 1 saturated carbocycles. The average molecular weight is 326 g/mol. The van der Waals surface area contributed by atoms with Crippen molar-refractivity contribution in [3.8, 4) is 0 Å². The Morgan fingerprint density at radius 2 is 2.18 bits per heavy atom. The van der Waals surface area contributed by atoms with Gasteiger partial charge in [0.25, 0.3) is 0 Å². The van der Waals surface area contributed by atoms with E-state index in [1.807, 2.05) is 13.2 Å². The minimum Gasteiger partial charge on any atom is -0.394 e. The smallest absolute Gasteiger partial charge is 0.315 e. The summed E-state index contributed by atoms with van der Waals surface area (Å²) in [6, 6.07) is 4.31. The topological polar surface area (TPSA) is 61.4 Å². The molecule has 1 fully saturated rings. The fraction of sp³-hybridized carbons (Fsp3) is 0.562. The predicted octanol–water partition coefficient (Wildman–Crippen LogP) is 2.65. The molecule has 0 saturated heterocycles. The number of amides is 2. The van der Waals surface area contributed by atoms with E-state index in [0.29, 0.717) is 18.2 Å². The number of carbonyl (C=O) groups is 1. The highest BCUT2D eigenvalue weighted by molar-refractivity contribution is 7.97. The van der Waals surface area contributed by atoms with Crippen LogP contribution in [0.25, 0.3) is 0 Å². The third-order valence-electron chi connectivity index (χ3n) is 4.11. The third-order valence-corrected chi connectivity index (χ3v) is 4.71. The first-order chi connectivity index (χ1) is 10.5. The van der Waals surface area contributed by atoms with E-state index in [2.05, 4.69) is 10.6 Å². The lowest BCUT2D eigenvalue weighted by molar-refractivity contribution is 0.155. The van der Waals surface area contributed by atoms with Gasteiger partial charge in [-0.1, -0.05) is 6.07 Å². The molecule has 0 aliphatic heterocycles. The summed E-state index contributed by atoms with van der Waals surface area (Å²) in [6.07, 6.45) is 4.03. The largest absolute Gasteiger partial charge is 0.394 e. The fourth-order valence-corrected chi connectivity index (χ4v) is 3.11. The van der Waals surface area contributed by atoms with Crippen LogP contribution in [-0.2, 0) is 12.3 Å². The first-order valence-corrected chi connectivity index (χ1v) is 8.81. The molecule has 0 spiro atoms. The fourth-order valence-electron chi connectivity index (χ4n) is 2.53. The van der Waals surface area contributed by atoms with E-state index < -0.39 is 5.54 Å². The van der Waals surface area contributed by atoms with Gasteiger partial charge in [0.05, 0.1) is 12.1 Å². The normalized spacial score (nSPS) is 16.9. The van der Waals surface area contributed by atoms with Crippen LogP contribution in [0.5, 0.6) is 0 Å². The maximum Gasteiger partial charge on any atom is 0.315 e. The summed E-state index contributed by atoms with van der Waals surface area (Å²) in [4.78, 5) is 12.0. The Kier molecular flexibility index (Phi) is 5.69. The van der Waals surface area contributed by atoms with Crippen molar-refractivity contribution in [2.75, 3.05) is 12.9 Å². The maximum absolute atomic E-state index is 13.3. The number of hydrogen-bond acceptors (Lipinski definition) is 3. The van der Waals surface area contributed by atoms with Gasteiger partial charge in [0, 0.05) is 12.3 Å². The van der Waals surface area contributed by atoms with Crippen molar-refractivity contribution in [3.05, 3.63) is 35.1 Å². The van der Waals surface area contributed by atoms with Gasteiger partial charge in [-0.05, 0) is 55.2 Å². The van der Waals surface area contributed by atoms with Gasteiger partial charge in [-0.25, -0.2) is 9.18 Å². The highest BCUT2D eigenvalue weighted by Crippen LogP contribution is 2.39. The van der Waals surface area contributed by atoms with Crippen molar-refractivity contribution in [2.24, 2.45) is 5.92 Å². The molecule has 0 heterocycles. The van der Waals surface area contributed by atoms with Crippen LogP contribution in [0, 0.1) is 11.7 Å². The van der Waals surface area contributed by atoms with Gasteiger partial charge in [-0.15, -0.1) is 0 Å². The first kappa shape index (κ1) is 17.1. The number of thioether (sulfide) groups is 1. The quantitative estimate of drug-likeness (QED) is 0.722. The van der Waals surface area contributed by atoms with Gasteiger partial charge < -0.3 is 15.7 Å². The Labute approximate surface area is 134 Å². The zero-order valence-electron chi connectivity index (χ0n) is 13.0. The highest BCUT2D eigenvalue weighted by atomic mass is 32.2. The highest BCUT2D eigenvalue weighted by Gasteiger charge is 2.42. The van der Waals surface area contributed by atoms with E-state index in [-0.39, 0.29) is 18.5 Å². The Balaban J connectivity index is 1.93. The van der Waals surface area contributed by atoms with Gasteiger partial charge >= 0.3 is 6.03 Å². The molecule has 0 radical (unpaired) electrons. The van der Waals surface area contributed by atoms with Crippen molar-refractivity contribution >= 4 is 17.8 Å². The summed E-state index contributed by atoms with van der Waals surface area (Å²) in [5, 5.41) is 15.1. The number of carbonyl (C=O) groups excluding carboxylic acids is 1. The van der Waals surface area contributed by atoms with Crippen LogP contribution in [0.4, 0.5) is 9.18 Å². The van der Waals surface area contributed by atoms with E-state index >= 15 is 0 Å². The predicted molar refractivity (Wildman–Crippen MR) is 87.2 cm³/mol. The van der Waals surface area contributed by atoms with Crippen molar-refractivity contribution < 1.29 is 14.3 Å². The molecule has 0 bridgehead atoms. The molecule has 1 aliphatic rings. The zero-order valence-corrected chi connectivity index (χ0v) is 13.8. The SMILES string of the molecule is CSCc1cc(F)ccc1CNC(=O)NC(C)(CO)C1CC1. The lowest BCUT2D eigenvalue weighted by Gasteiger charge is -2.28. The van der Waals surface area contributed by atoms with Crippen molar-refractivity contribution in [3.63, 3.8) is 0 Å². The summed E-state index contributed by atoms with van der Waals surface area (Å²) in [5.74, 6) is 0.785. The molecule has 2 rings (SSSR count). The summed E-state index contributed by atoms with van der Waals surface area (Å²) in [7, 11) is 0. The van der Waals surface area contributed by atoms with Crippen LogP contribution in [0.15, 0.2) is 18.2 Å². The molecule has 6 heteroatoms. The van der Waals surface area contributed by atoms with E-state index in [1.165, 1.54) is 12.1 Å². The van der Waals surface area contributed by atoms with E-state index in [1.54, 1.807) is 17.8 Å². The minimum absolute atomic E-state index is 0.0701.